The van der Waals surface area contributed by atoms with Gasteiger partial charge in [-0.15, -0.1) is 0 Å². The maximum atomic E-state index is 4.63. The minimum absolute atomic E-state index is 0.936. The second kappa shape index (κ2) is 18.6. The number of aromatic nitrogens is 1. The zero-order valence-corrected chi connectivity index (χ0v) is 21.7. The van der Waals surface area contributed by atoms with E-state index in [2.05, 4.69) is 60.5 Å². The number of nitrogens with one attached hydrogen (secondary N) is 1. The summed E-state index contributed by atoms with van der Waals surface area (Å²) in [6.45, 7) is 4.57. The summed E-state index contributed by atoms with van der Waals surface area (Å²) in [5.41, 5.74) is 3.92. The molecule has 0 atom stereocenters. The molecule has 2 aromatic rings. The molecular formula is C31H50N2. The van der Waals surface area contributed by atoms with Crippen molar-refractivity contribution in [2.45, 2.75) is 129 Å². The summed E-state index contributed by atoms with van der Waals surface area (Å²) in [7, 11) is 0. The van der Waals surface area contributed by atoms with Gasteiger partial charge in [-0.25, -0.2) is 4.98 Å². The SMILES string of the molecule is CCCCCCCCCCc1ccc(Nc2ccc(CCCCCCCCCC)cn2)cc1. The molecule has 1 heterocycles. The Morgan fingerprint density at radius 1 is 0.515 bits per heavy atom. The van der Waals surface area contributed by atoms with Crippen molar-refractivity contribution in [3.8, 4) is 0 Å². The highest BCUT2D eigenvalue weighted by Gasteiger charge is 2.00. The predicted octanol–water partition coefficient (Wildman–Crippen LogP) is 10.2. The Bertz CT molecular complexity index is 628. The second-order valence-electron chi connectivity index (χ2n) is 9.82. The standard InChI is InChI=1S/C31H50N2/c1-3-5-7-9-11-13-15-17-19-28-21-24-30(25-22-28)33-31-26-23-29(27-32-31)20-18-16-14-12-10-8-6-4-2/h21-27H,3-20H2,1-2H3,(H,32,33). The number of aryl methyl sites for hydroxylation is 2. The zero-order chi connectivity index (χ0) is 23.4. The van der Waals surface area contributed by atoms with E-state index in [0.29, 0.717) is 0 Å². The maximum Gasteiger partial charge on any atom is 0.130 e. The van der Waals surface area contributed by atoms with Crippen molar-refractivity contribution in [1.29, 1.82) is 0 Å². The van der Waals surface area contributed by atoms with Gasteiger partial charge in [0.05, 0.1) is 0 Å². The zero-order valence-electron chi connectivity index (χ0n) is 21.7. The van der Waals surface area contributed by atoms with Crippen molar-refractivity contribution >= 4 is 11.5 Å². The second-order valence-corrected chi connectivity index (χ2v) is 9.82. The fourth-order valence-corrected chi connectivity index (χ4v) is 4.47. The lowest BCUT2D eigenvalue weighted by molar-refractivity contribution is 0.575. The Morgan fingerprint density at radius 2 is 0.970 bits per heavy atom. The molecule has 0 aliphatic rings. The third-order valence-corrected chi connectivity index (χ3v) is 6.69. The van der Waals surface area contributed by atoms with E-state index >= 15 is 0 Å². The predicted molar refractivity (Wildman–Crippen MR) is 147 cm³/mol. The molecule has 0 aliphatic heterocycles. The van der Waals surface area contributed by atoms with Crippen LogP contribution in [0.15, 0.2) is 42.6 Å². The Hall–Kier alpha value is -1.83. The summed E-state index contributed by atoms with van der Waals surface area (Å²) in [6.07, 6.45) is 26.4. The van der Waals surface area contributed by atoms with Gasteiger partial charge in [0, 0.05) is 11.9 Å². The molecule has 0 spiro atoms. The first-order valence-electron chi connectivity index (χ1n) is 14.1. The van der Waals surface area contributed by atoms with Crippen LogP contribution in [-0.4, -0.2) is 4.98 Å². The average molecular weight is 451 g/mol. The maximum absolute atomic E-state index is 4.63. The molecule has 0 saturated heterocycles. The normalized spacial score (nSPS) is 11.1. The molecule has 2 nitrogen and oxygen atoms in total. The van der Waals surface area contributed by atoms with Crippen LogP contribution in [0.3, 0.4) is 0 Å². The molecule has 1 aromatic heterocycles. The largest absolute Gasteiger partial charge is 0.340 e. The number of nitrogens with zero attached hydrogens (tertiary/aromatic N) is 1. The molecule has 0 bridgehead atoms. The Balaban J connectivity index is 1.57. The van der Waals surface area contributed by atoms with Crippen LogP contribution in [-0.2, 0) is 12.8 Å². The summed E-state index contributed by atoms with van der Waals surface area (Å²) >= 11 is 0. The molecule has 184 valence electrons. The monoisotopic (exact) mass is 450 g/mol. The van der Waals surface area contributed by atoms with E-state index < -0.39 is 0 Å². The summed E-state index contributed by atoms with van der Waals surface area (Å²) in [5.74, 6) is 0.936. The molecular weight excluding hydrogens is 400 g/mol. The minimum Gasteiger partial charge on any atom is -0.340 e. The van der Waals surface area contributed by atoms with Crippen molar-refractivity contribution < 1.29 is 0 Å². The van der Waals surface area contributed by atoms with E-state index in [1.165, 1.54) is 120 Å². The van der Waals surface area contributed by atoms with Crippen LogP contribution >= 0.6 is 0 Å². The molecule has 0 radical (unpaired) electrons. The van der Waals surface area contributed by atoms with Crippen molar-refractivity contribution in [2.24, 2.45) is 0 Å². The highest BCUT2D eigenvalue weighted by Crippen LogP contribution is 2.18. The molecule has 0 saturated carbocycles. The summed E-state index contributed by atoms with van der Waals surface area (Å²) < 4.78 is 0. The number of hydrogen-bond acceptors (Lipinski definition) is 2. The van der Waals surface area contributed by atoms with Crippen LogP contribution in [0.5, 0.6) is 0 Å². The highest BCUT2D eigenvalue weighted by molar-refractivity contribution is 5.56. The third kappa shape index (κ3) is 13.5. The Labute approximate surface area is 205 Å². The van der Waals surface area contributed by atoms with Gasteiger partial charge in [-0.05, 0) is 55.0 Å². The average Bonchev–Trinajstić information content (AvgIpc) is 2.84. The van der Waals surface area contributed by atoms with Gasteiger partial charge in [0.1, 0.15) is 5.82 Å². The van der Waals surface area contributed by atoms with E-state index in [-0.39, 0.29) is 0 Å². The molecule has 2 rings (SSSR count). The topological polar surface area (TPSA) is 24.9 Å². The quantitative estimate of drug-likeness (QED) is 0.203. The molecule has 33 heavy (non-hydrogen) atoms. The van der Waals surface area contributed by atoms with Gasteiger partial charge in [0.25, 0.3) is 0 Å². The lowest BCUT2D eigenvalue weighted by atomic mass is 10.0. The first-order chi connectivity index (χ1) is 16.3. The van der Waals surface area contributed by atoms with Crippen molar-refractivity contribution in [2.75, 3.05) is 5.32 Å². The lowest BCUT2D eigenvalue weighted by Crippen LogP contribution is -1.95. The molecule has 1 N–H and O–H groups in total. The molecule has 2 heteroatoms. The van der Waals surface area contributed by atoms with Crippen LogP contribution in [0.1, 0.15) is 128 Å². The van der Waals surface area contributed by atoms with Gasteiger partial charge in [0.15, 0.2) is 0 Å². The highest BCUT2D eigenvalue weighted by atomic mass is 15.0. The number of pyridine rings is 1. The van der Waals surface area contributed by atoms with Gasteiger partial charge >= 0.3 is 0 Å². The van der Waals surface area contributed by atoms with E-state index in [0.717, 1.165) is 17.9 Å². The lowest BCUT2D eigenvalue weighted by Gasteiger charge is -2.08. The smallest absolute Gasteiger partial charge is 0.130 e. The van der Waals surface area contributed by atoms with Crippen LogP contribution in [0.4, 0.5) is 11.5 Å². The Morgan fingerprint density at radius 3 is 1.45 bits per heavy atom. The fraction of sp³-hybridized carbons (Fsp3) is 0.645. The first-order valence-corrected chi connectivity index (χ1v) is 14.1. The minimum atomic E-state index is 0.936. The van der Waals surface area contributed by atoms with Crippen LogP contribution < -0.4 is 5.32 Å². The van der Waals surface area contributed by atoms with Crippen molar-refractivity contribution in [1.82, 2.24) is 4.98 Å². The van der Waals surface area contributed by atoms with Gasteiger partial charge < -0.3 is 5.32 Å². The number of benzene rings is 1. The van der Waals surface area contributed by atoms with E-state index in [1.54, 1.807) is 0 Å². The van der Waals surface area contributed by atoms with Gasteiger partial charge in [0.2, 0.25) is 0 Å². The van der Waals surface area contributed by atoms with E-state index in [1.807, 2.05) is 6.20 Å². The number of hydrogen-bond donors (Lipinski definition) is 1. The Kier molecular flexibility index (Phi) is 15.4. The fourth-order valence-electron chi connectivity index (χ4n) is 4.47. The molecule has 0 amide bonds. The van der Waals surface area contributed by atoms with Crippen molar-refractivity contribution in [3.63, 3.8) is 0 Å². The summed E-state index contributed by atoms with van der Waals surface area (Å²) in [4.78, 5) is 4.63. The molecule has 0 aliphatic carbocycles. The van der Waals surface area contributed by atoms with E-state index in [9.17, 15) is 0 Å². The summed E-state index contributed by atoms with van der Waals surface area (Å²) in [5, 5.41) is 3.45. The van der Waals surface area contributed by atoms with Gasteiger partial charge in [-0.3, -0.25) is 0 Å². The van der Waals surface area contributed by atoms with Gasteiger partial charge in [-0.1, -0.05) is 122 Å². The number of unbranched alkanes of at least 4 members (excludes halogenated alkanes) is 14. The van der Waals surface area contributed by atoms with Crippen LogP contribution in [0.2, 0.25) is 0 Å². The van der Waals surface area contributed by atoms with Crippen LogP contribution in [0, 0.1) is 0 Å². The molecule has 0 unspecified atom stereocenters. The first kappa shape index (κ1) is 27.4. The van der Waals surface area contributed by atoms with Crippen molar-refractivity contribution in [3.05, 3.63) is 53.7 Å². The number of rotatable bonds is 20. The third-order valence-electron chi connectivity index (χ3n) is 6.69. The molecule has 0 fully saturated rings. The number of anilines is 2. The summed E-state index contributed by atoms with van der Waals surface area (Å²) in [6, 6.07) is 13.3. The van der Waals surface area contributed by atoms with Crippen LogP contribution in [0.25, 0.3) is 0 Å². The van der Waals surface area contributed by atoms with E-state index in [4.69, 9.17) is 0 Å². The molecule has 1 aromatic carbocycles. The van der Waals surface area contributed by atoms with Gasteiger partial charge in [-0.2, -0.15) is 0 Å².